The van der Waals surface area contributed by atoms with E-state index in [0.29, 0.717) is 0 Å². The Labute approximate surface area is 174 Å². The maximum Gasteiger partial charge on any atom is 0.416 e. The Morgan fingerprint density at radius 2 is 1.53 bits per heavy atom. The molecule has 0 heterocycles. The molecule has 1 atom stereocenters. The number of hydrogen-bond acceptors (Lipinski definition) is 3. The van der Waals surface area contributed by atoms with E-state index in [-0.39, 0.29) is 18.1 Å². The van der Waals surface area contributed by atoms with E-state index in [2.05, 4.69) is 10.6 Å². The van der Waals surface area contributed by atoms with Gasteiger partial charge in [-0.3, -0.25) is 14.5 Å². The van der Waals surface area contributed by atoms with Crippen LogP contribution in [0.4, 0.5) is 24.5 Å². The number of alkyl halides is 3. The molecule has 2 rings (SSSR count). The molecule has 0 bridgehead atoms. The molecule has 0 aliphatic rings. The second-order valence-corrected chi connectivity index (χ2v) is 7.48. The number of aryl methyl sites for hydroxylation is 3. The number of nitrogens with zero attached hydrogens (tertiary/aromatic N) is 1. The number of halogens is 3. The van der Waals surface area contributed by atoms with Crippen molar-refractivity contribution in [2.75, 3.05) is 24.2 Å². The van der Waals surface area contributed by atoms with Crippen LogP contribution in [0.1, 0.15) is 29.2 Å². The number of rotatable bonds is 6. The van der Waals surface area contributed by atoms with Gasteiger partial charge in [-0.1, -0.05) is 17.7 Å². The Morgan fingerprint density at radius 3 is 2.03 bits per heavy atom. The van der Waals surface area contributed by atoms with Crippen molar-refractivity contribution in [3.05, 3.63) is 58.7 Å². The summed E-state index contributed by atoms with van der Waals surface area (Å²) in [5.41, 5.74) is 3.23. The monoisotopic (exact) mass is 421 g/mol. The van der Waals surface area contributed by atoms with E-state index in [1.807, 2.05) is 32.9 Å². The van der Waals surface area contributed by atoms with E-state index in [1.165, 1.54) is 12.1 Å². The van der Waals surface area contributed by atoms with Crippen LogP contribution < -0.4 is 10.6 Å². The molecule has 2 aromatic rings. The zero-order valence-corrected chi connectivity index (χ0v) is 17.6. The van der Waals surface area contributed by atoms with Crippen LogP contribution in [0.25, 0.3) is 0 Å². The molecule has 2 aromatic carbocycles. The minimum atomic E-state index is -4.43. The van der Waals surface area contributed by atoms with Gasteiger partial charge in [0.25, 0.3) is 0 Å². The molecule has 0 saturated carbocycles. The number of hydrogen-bond donors (Lipinski definition) is 2. The highest BCUT2D eigenvalue weighted by atomic mass is 19.4. The minimum absolute atomic E-state index is 0.0195. The summed E-state index contributed by atoms with van der Waals surface area (Å²) >= 11 is 0. The number of amides is 2. The number of anilines is 2. The van der Waals surface area contributed by atoms with Gasteiger partial charge in [0.05, 0.1) is 18.2 Å². The molecular formula is C22H26F3N3O2. The number of likely N-dealkylation sites (N-methyl/N-ethyl adjacent to an activating group) is 1. The van der Waals surface area contributed by atoms with Crippen molar-refractivity contribution >= 4 is 23.2 Å². The van der Waals surface area contributed by atoms with Crippen LogP contribution in [0.15, 0.2) is 36.4 Å². The first-order chi connectivity index (χ1) is 13.9. The molecule has 5 nitrogen and oxygen atoms in total. The van der Waals surface area contributed by atoms with Gasteiger partial charge in [0.2, 0.25) is 11.8 Å². The van der Waals surface area contributed by atoms with E-state index >= 15 is 0 Å². The van der Waals surface area contributed by atoms with Gasteiger partial charge in [0, 0.05) is 11.4 Å². The zero-order valence-electron chi connectivity index (χ0n) is 17.6. The van der Waals surface area contributed by atoms with Gasteiger partial charge < -0.3 is 10.6 Å². The fourth-order valence-electron chi connectivity index (χ4n) is 3.11. The van der Waals surface area contributed by atoms with Crippen LogP contribution in [0, 0.1) is 20.8 Å². The minimum Gasteiger partial charge on any atom is -0.325 e. The van der Waals surface area contributed by atoms with Gasteiger partial charge in [-0.2, -0.15) is 13.2 Å². The van der Waals surface area contributed by atoms with Crippen LogP contribution in [0.3, 0.4) is 0 Å². The molecule has 2 N–H and O–H groups in total. The molecular weight excluding hydrogens is 395 g/mol. The zero-order chi connectivity index (χ0) is 22.6. The van der Waals surface area contributed by atoms with Crippen molar-refractivity contribution < 1.29 is 22.8 Å². The molecule has 0 spiro atoms. The summed E-state index contributed by atoms with van der Waals surface area (Å²) in [7, 11) is 1.63. The van der Waals surface area contributed by atoms with Crippen LogP contribution >= 0.6 is 0 Å². The normalized spacial score (nSPS) is 12.6. The lowest BCUT2D eigenvalue weighted by atomic mass is 10.1. The van der Waals surface area contributed by atoms with Crippen molar-refractivity contribution in [3.63, 3.8) is 0 Å². The number of carbonyl (C=O) groups is 2. The fourth-order valence-corrected chi connectivity index (χ4v) is 3.11. The number of carbonyl (C=O) groups excluding carboxylic acids is 2. The largest absolute Gasteiger partial charge is 0.416 e. The molecule has 8 heteroatoms. The highest BCUT2D eigenvalue weighted by molar-refractivity contribution is 5.96. The van der Waals surface area contributed by atoms with Crippen molar-refractivity contribution in [1.29, 1.82) is 0 Å². The quantitative estimate of drug-likeness (QED) is 0.721. The van der Waals surface area contributed by atoms with Gasteiger partial charge in [-0.05, 0) is 70.1 Å². The van der Waals surface area contributed by atoms with E-state index < -0.39 is 23.7 Å². The highest BCUT2D eigenvalue weighted by Crippen LogP contribution is 2.29. The van der Waals surface area contributed by atoms with E-state index in [9.17, 15) is 22.8 Å². The summed E-state index contributed by atoms with van der Waals surface area (Å²) in [5, 5.41) is 5.45. The molecule has 0 radical (unpaired) electrons. The first-order valence-electron chi connectivity index (χ1n) is 9.44. The summed E-state index contributed by atoms with van der Waals surface area (Å²) in [4.78, 5) is 26.4. The summed E-state index contributed by atoms with van der Waals surface area (Å²) in [6.07, 6.45) is -4.43. The van der Waals surface area contributed by atoms with Crippen molar-refractivity contribution in [1.82, 2.24) is 4.90 Å². The highest BCUT2D eigenvalue weighted by Gasteiger charge is 2.30. The van der Waals surface area contributed by atoms with Gasteiger partial charge in [-0.25, -0.2) is 0 Å². The van der Waals surface area contributed by atoms with Crippen LogP contribution in [0.5, 0.6) is 0 Å². The molecule has 1 unspecified atom stereocenters. The molecule has 0 aliphatic carbocycles. The summed E-state index contributed by atoms with van der Waals surface area (Å²) < 4.78 is 37.9. The molecule has 0 aromatic heterocycles. The Kier molecular flexibility index (Phi) is 7.25. The van der Waals surface area contributed by atoms with Gasteiger partial charge in [0.1, 0.15) is 0 Å². The van der Waals surface area contributed by atoms with E-state index in [1.54, 1.807) is 18.9 Å². The predicted octanol–water partition coefficient (Wildman–Crippen LogP) is 4.53. The first kappa shape index (κ1) is 23.4. The smallest absolute Gasteiger partial charge is 0.325 e. The van der Waals surface area contributed by atoms with Crippen molar-refractivity contribution in [2.45, 2.75) is 39.9 Å². The molecule has 0 aliphatic heterocycles. The van der Waals surface area contributed by atoms with Crippen LogP contribution in [0.2, 0.25) is 0 Å². The fraction of sp³-hybridized carbons (Fsp3) is 0.364. The number of nitrogens with one attached hydrogen (secondary N) is 2. The maximum absolute atomic E-state index is 12.6. The van der Waals surface area contributed by atoms with E-state index in [0.717, 1.165) is 34.5 Å². The lowest BCUT2D eigenvalue weighted by molar-refractivity contribution is -0.137. The maximum atomic E-state index is 12.6. The third-order valence-electron chi connectivity index (χ3n) is 4.85. The molecule has 2 amide bonds. The molecule has 162 valence electrons. The Balaban J connectivity index is 1.95. The number of benzene rings is 2. The standard InChI is InChI=1S/C22H26F3N3O2/c1-13-10-14(2)20(15(3)11-13)27-19(29)12-28(5)16(4)21(30)26-18-8-6-17(7-9-18)22(23,24)25/h6-11,16H,12H2,1-5H3,(H,26,30)(H,27,29). The van der Waals surface area contributed by atoms with Crippen molar-refractivity contribution in [3.8, 4) is 0 Å². The summed E-state index contributed by atoms with van der Waals surface area (Å²) in [6, 6.07) is 7.50. The SMILES string of the molecule is Cc1cc(C)c(NC(=O)CN(C)C(C)C(=O)Nc2ccc(C(F)(F)F)cc2)c(C)c1. The van der Waals surface area contributed by atoms with Gasteiger partial charge in [0.15, 0.2) is 0 Å². The molecule has 0 fully saturated rings. The molecule has 0 saturated heterocycles. The average molecular weight is 421 g/mol. The Morgan fingerprint density at radius 1 is 1.00 bits per heavy atom. The third kappa shape index (κ3) is 6.06. The summed E-state index contributed by atoms with van der Waals surface area (Å²) in [6.45, 7) is 7.42. The third-order valence-corrected chi connectivity index (χ3v) is 4.85. The van der Waals surface area contributed by atoms with Crippen molar-refractivity contribution in [2.24, 2.45) is 0 Å². The predicted molar refractivity (Wildman–Crippen MR) is 111 cm³/mol. The summed E-state index contributed by atoms with van der Waals surface area (Å²) in [5.74, 6) is -0.686. The lowest BCUT2D eigenvalue weighted by Crippen LogP contribution is -2.43. The van der Waals surface area contributed by atoms with Crippen LogP contribution in [-0.2, 0) is 15.8 Å². The molecule has 30 heavy (non-hydrogen) atoms. The average Bonchev–Trinajstić information content (AvgIpc) is 2.63. The topological polar surface area (TPSA) is 61.4 Å². The van der Waals surface area contributed by atoms with E-state index in [4.69, 9.17) is 0 Å². The Hall–Kier alpha value is -2.87. The van der Waals surface area contributed by atoms with Crippen LogP contribution in [-0.4, -0.2) is 36.3 Å². The first-order valence-corrected chi connectivity index (χ1v) is 9.44. The lowest BCUT2D eigenvalue weighted by Gasteiger charge is -2.24. The van der Waals surface area contributed by atoms with Gasteiger partial charge >= 0.3 is 6.18 Å². The second-order valence-electron chi connectivity index (χ2n) is 7.48. The Bertz CT molecular complexity index is 901. The van der Waals surface area contributed by atoms with Gasteiger partial charge in [-0.15, -0.1) is 0 Å². The second kappa shape index (κ2) is 9.30.